The van der Waals surface area contributed by atoms with Crippen LogP contribution in [0.3, 0.4) is 0 Å². The molecule has 0 fully saturated rings. The molecule has 3 nitrogen and oxygen atoms in total. The zero-order valence-corrected chi connectivity index (χ0v) is 15.9. The van der Waals surface area contributed by atoms with E-state index in [1.807, 2.05) is 37.3 Å². The van der Waals surface area contributed by atoms with Crippen LogP contribution in [0, 0.1) is 0 Å². The van der Waals surface area contributed by atoms with Gasteiger partial charge in [-0.05, 0) is 30.7 Å². The van der Waals surface area contributed by atoms with E-state index in [-0.39, 0.29) is 6.61 Å². The zero-order chi connectivity index (χ0) is 17.8. The Morgan fingerprint density at radius 2 is 2.04 bits per heavy atom. The molecule has 0 aliphatic heterocycles. The maximum Gasteiger partial charge on any atom is 0.127 e. The molecule has 25 heavy (non-hydrogen) atoms. The third-order valence-corrected chi connectivity index (χ3v) is 4.97. The second-order valence-corrected chi connectivity index (χ2v) is 6.71. The Morgan fingerprint density at radius 1 is 1.20 bits per heavy atom. The Labute approximate surface area is 161 Å². The number of rotatable bonds is 5. The number of fused-ring (bicyclic) bond motifs is 1. The van der Waals surface area contributed by atoms with E-state index in [1.54, 1.807) is 18.5 Å². The van der Waals surface area contributed by atoms with Crippen LogP contribution < -0.4 is 10.1 Å². The first kappa shape index (κ1) is 17.9. The van der Waals surface area contributed by atoms with Gasteiger partial charge in [0.05, 0.1) is 15.7 Å². The van der Waals surface area contributed by atoms with Gasteiger partial charge in [0.15, 0.2) is 0 Å². The average molecular weight is 391 g/mol. The van der Waals surface area contributed by atoms with E-state index in [9.17, 15) is 0 Å². The maximum atomic E-state index is 6.50. The molecule has 0 spiro atoms. The van der Waals surface area contributed by atoms with Gasteiger partial charge in [-0.2, -0.15) is 0 Å². The van der Waals surface area contributed by atoms with Crippen molar-refractivity contribution >= 4 is 56.9 Å². The molecule has 0 bridgehead atoms. The number of ether oxygens (including phenoxy) is 1. The smallest absolute Gasteiger partial charge is 0.127 e. The Kier molecular flexibility index (Phi) is 5.74. The minimum absolute atomic E-state index is 0.257. The number of hydrogen-bond acceptors (Lipinski definition) is 3. The van der Waals surface area contributed by atoms with Crippen molar-refractivity contribution in [3.05, 3.63) is 64.4 Å². The Hall–Kier alpha value is -1.88. The largest absolute Gasteiger partial charge is 0.488 e. The van der Waals surface area contributed by atoms with Crippen LogP contribution in [-0.2, 0) is 6.61 Å². The van der Waals surface area contributed by atoms with E-state index >= 15 is 0 Å². The van der Waals surface area contributed by atoms with Crippen molar-refractivity contribution in [1.29, 1.82) is 0 Å². The summed E-state index contributed by atoms with van der Waals surface area (Å²) in [5, 5.41) is 6.21. The van der Waals surface area contributed by atoms with Gasteiger partial charge in [-0.15, -0.1) is 0 Å². The van der Waals surface area contributed by atoms with Crippen LogP contribution in [0.2, 0.25) is 10.0 Å². The van der Waals surface area contributed by atoms with Gasteiger partial charge in [-0.1, -0.05) is 54.5 Å². The van der Waals surface area contributed by atoms with Gasteiger partial charge >= 0.3 is 0 Å². The summed E-state index contributed by atoms with van der Waals surface area (Å²) in [5.74, 6) is 0.759. The van der Waals surface area contributed by atoms with Crippen LogP contribution in [-0.4, -0.2) is 9.97 Å². The number of benzene rings is 2. The van der Waals surface area contributed by atoms with Crippen molar-refractivity contribution in [3.8, 4) is 5.75 Å². The molecule has 0 radical (unpaired) electrons. The molecular formula is C19H16Cl2N2OS. The molecule has 0 atom stereocenters. The molecule has 3 rings (SSSR count). The first-order valence-corrected chi connectivity index (χ1v) is 8.99. The highest BCUT2D eigenvalue weighted by molar-refractivity contribution is 7.80. The molecule has 0 aliphatic carbocycles. The third kappa shape index (κ3) is 4.03. The van der Waals surface area contributed by atoms with Crippen LogP contribution in [0.25, 0.3) is 10.8 Å². The van der Waals surface area contributed by atoms with Crippen LogP contribution in [0.4, 0.5) is 5.69 Å². The normalized spacial score (nSPS) is 10.7. The highest BCUT2D eigenvalue weighted by Crippen LogP contribution is 2.34. The molecule has 0 unspecified atom stereocenters. The summed E-state index contributed by atoms with van der Waals surface area (Å²) in [4.78, 5) is 4.85. The molecule has 1 aromatic heterocycles. The van der Waals surface area contributed by atoms with Crippen molar-refractivity contribution in [2.45, 2.75) is 20.0 Å². The van der Waals surface area contributed by atoms with Gasteiger partial charge in [-0.25, -0.2) is 0 Å². The lowest BCUT2D eigenvalue weighted by Gasteiger charge is -2.15. The van der Waals surface area contributed by atoms with E-state index in [4.69, 9.17) is 40.2 Å². The highest BCUT2D eigenvalue weighted by atomic mass is 35.5. The minimum atomic E-state index is 0.257. The van der Waals surface area contributed by atoms with E-state index in [0.717, 1.165) is 39.2 Å². The van der Waals surface area contributed by atoms with Crippen molar-refractivity contribution in [1.82, 2.24) is 4.98 Å². The first-order valence-electron chi connectivity index (χ1n) is 7.82. The summed E-state index contributed by atoms with van der Waals surface area (Å²) in [5.41, 5.74) is 1.46. The van der Waals surface area contributed by atoms with E-state index in [0.29, 0.717) is 10.0 Å². The van der Waals surface area contributed by atoms with Gasteiger partial charge in [0.25, 0.3) is 0 Å². The summed E-state index contributed by atoms with van der Waals surface area (Å²) < 4.78 is 6.00. The lowest BCUT2D eigenvalue weighted by molar-refractivity contribution is 0.310. The molecule has 128 valence electrons. The molecule has 1 N–H and O–H groups in total. The molecule has 0 aliphatic rings. The summed E-state index contributed by atoms with van der Waals surface area (Å²) in [6.07, 6.45) is 4.29. The fraction of sp³-hybridized carbons (Fsp3) is 0.158. The van der Waals surface area contributed by atoms with Gasteiger partial charge in [-0.3, -0.25) is 4.98 Å². The van der Waals surface area contributed by atoms with E-state index in [1.165, 1.54) is 0 Å². The predicted octanol–water partition coefficient (Wildman–Crippen LogP) is 6.27. The lowest BCUT2D eigenvalue weighted by atomic mass is 10.1. The van der Waals surface area contributed by atoms with Gasteiger partial charge in [0, 0.05) is 33.8 Å². The molecule has 0 saturated heterocycles. The molecular weight excluding hydrogens is 375 g/mol. The summed E-state index contributed by atoms with van der Waals surface area (Å²) >= 11 is 18.1. The van der Waals surface area contributed by atoms with Crippen LogP contribution in [0.5, 0.6) is 5.75 Å². The number of halogens is 2. The Bertz CT molecular complexity index is 925. The van der Waals surface area contributed by atoms with Crippen molar-refractivity contribution in [3.63, 3.8) is 0 Å². The molecule has 1 heterocycles. The second-order valence-electron chi connectivity index (χ2n) is 5.43. The zero-order valence-electron chi connectivity index (χ0n) is 13.6. The van der Waals surface area contributed by atoms with Gasteiger partial charge < -0.3 is 10.1 Å². The standard InChI is InChI=1S/C19H16Cl2N2OS/c1-2-18(25)23-16-7-6-15(20)14(19(16)21)11-24-17-5-3-4-12-10-22-9-8-13(12)17/h3-10H,2,11H2,1H3,(H,23,25). The van der Waals surface area contributed by atoms with E-state index in [2.05, 4.69) is 10.3 Å². The van der Waals surface area contributed by atoms with Crippen LogP contribution in [0.15, 0.2) is 48.8 Å². The fourth-order valence-corrected chi connectivity index (χ4v) is 3.07. The summed E-state index contributed by atoms with van der Waals surface area (Å²) in [6.45, 7) is 2.24. The lowest BCUT2D eigenvalue weighted by Crippen LogP contribution is -2.09. The Balaban J connectivity index is 1.87. The number of nitrogens with one attached hydrogen (secondary N) is 1. The SMILES string of the molecule is CCC(=S)Nc1ccc(Cl)c(COc2cccc3cnccc23)c1Cl. The molecule has 2 aromatic carbocycles. The fourth-order valence-electron chi connectivity index (χ4n) is 2.43. The number of anilines is 1. The second kappa shape index (κ2) is 8.00. The van der Waals surface area contributed by atoms with Crippen molar-refractivity contribution in [2.24, 2.45) is 0 Å². The number of nitrogens with zero attached hydrogens (tertiary/aromatic N) is 1. The molecule has 0 saturated carbocycles. The first-order chi connectivity index (χ1) is 12.1. The number of aromatic nitrogens is 1. The summed E-state index contributed by atoms with van der Waals surface area (Å²) in [7, 11) is 0. The topological polar surface area (TPSA) is 34.1 Å². The number of hydrogen-bond donors (Lipinski definition) is 1. The van der Waals surface area contributed by atoms with Crippen molar-refractivity contribution in [2.75, 3.05) is 5.32 Å². The monoisotopic (exact) mass is 390 g/mol. The van der Waals surface area contributed by atoms with E-state index < -0.39 is 0 Å². The van der Waals surface area contributed by atoms with Gasteiger partial charge in [0.2, 0.25) is 0 Å². The van der Waals surface area contributed by atoms with Crippen LogP contribution >= 0.6 is 35.4 Å². The third-order valence-electron chi connectivity index (χ3n) is 3.79. The van der Waals surface area contributed by atoms with Gasteiger partial charge in [0.1, 0.15) is 12.4 Å². The highest BCUT2D eigenvalue weighted by Gasteiger charge is 2.13. The minimum Gasteiger partial charge on any atom is -0.488 e. The number of thiocarbonyl (C=S) groups is 1. The van der Waals surface area contributed by atoms with Crippen LogP contribution in [0.1, 0.15) is 18.9 Å². The average Bonchev–Trinajstić information content (AvgIpc) is 2.64. The quantitative estimate of drug-likeness (QED) is 0.520. The molecule has 0 amide bonds. The maximum absolute atomic E-state index is 6.50. The summed E-state index contributed by atoms with van der Waals surface area (Å²) in [6, 6.07) is 11.4. The van der Waals surface area contributed by atoms with Crippen molar-refractivity contribution < 1.29 is 4.74 Å². The number of pyridine rings is 1. The molecule has 6 heteroatoms. The molecule has 3 aromatic rings. The Morgan fingerprint density at radius 3 is 2.84 bits per heavy atom. The predicted molar refractivity (Wildman–Crippen MR) is 109 cm³/mol.